The maximum absolute atomic E-state index is 9.30. The summed E-state index contributed by atoms with van der Waals surface area (Å²) in [4.78, 5) is 6.99. The van der Waals surface area contributed by atoms with Gasteiger partial charge in [-0.25, -0.2) is 0 Å². The van der Waals surface area contributed by atoms with E-state index >= 15 is 0 Å². The maximum atomic E-state index is 9.30. The number of rotatable bonds is 3. The van der Waals surface area contributed by atoms with Gasteiger partial charge in [-0.3, -0.25) is 4.98 Å². The average Bonchev–Trinajstić information content (AvgIpc) is 3.23. The standard InChI is InChI=1S/C16H22N4/c1-11-9-16(15(10-17)12(2)18-11)19-13-5-7-20(8-6-13)14-3-4-14/h9,13-14H,3-8H2,1-2H3,(H,18,19). The van der Waals surface area contributed by atoms with E-state index in [1.54, 1.807) is 0 Å². The van der Waals surface area contributed by atoms with Crippen molar-refractivity contribution in [3.05, 3.63) is 23.0 Å². The van der Waals surface area contributed by atoms with Crippen LogP contribution in [0.25, 0.3) is 0 Å². The summed E-state index contributed by atoms with van der Waals surface area (Å²) in [6.45, 7) is 6.27. The summed E-state index contributed by atoms with van der Waals surface area (Å²) in [5.41, 5.74) is 3.45. The number of nitrogens with one attached hydrogen (secondary N) is 1. The normalized spacial score (nSPS) is 20.6. The molecule has 2 aliphatic rings. The number of likely N-dealkylation sites (tertiary alicyclic amines) is 1. The first-order chi connectivity index (χ1) is 9.67. The molecule has 1 N–H and O–H groups in total. The molecule has 4 nitrogen and oxygen atoms in total. The first-order valence-electron chi connectivity index (χ1n) is 7.56. The molecule has 1 saturated heterocycles. The number of hydrogen-bond donors (Lipinski definition) is 1. The third-order valence-electron chi connectivity index (χ3n) is 4.39. The van der Waals surface area contributed by atoms with E-state index in [2.05, 4.69) is 21.3 Å². The smallest absolute Gasteiger partial charge is 0.103 e. The van der Waals surface area contributed by atoms with E-state index in [1.807, 2.05) is 19.9 Å². The molecule has 0 radical (unpaired) electrons. The lowest BCUT2D eigenvalue weighted by Gasteiger charge is -2.33. The lowest BCUT2D eigenvalue weighted by molar-refractivity contribution is 0.210. The largest absolute Gasteiger partial charge is 0.381 e. The number of pyridine rings is 1. The van der Waals surface area contributed by atoms with Crippen molar-refractivity contribution in [1.82, 2.24) is 9.88 Å². The van der Waals surface area contributed by atoms with Gasteiger partial charge < -0.3 is 10.2 Å². The van der Waals surface area contributed by atoms with Crippen LogP contribution in [0.15, 0.2) is 6.07 Å². The van der Waals surface area contributed by atoms with E-state index < -0.39 is 0 Å². The Labute approximate surface area is 120 Å². The molecule has 3 rings (SSSR count). The Hall–Kier alpha value is -1.60. The molecule has 1 aliphatic heterocycles. The van der Waals surface area contributed by atoms with Gasteiger partial charge in [0.25, 0.3) is 0 Å². The van der Waals surface area contributed by atoms with Gasteiger partial charge in [-0.2, -0.15) is 5.26 Å². The monoisotopic (exact) mass is 270 g/mol. The van der Waals surface area contributed by atoms with Crippen molar-refractivity contribution in [2.45, 2.75) is 51.6 Å². The molecular weight excluding hydrogens is 248 g/mol. The van der Waals surface area contributed by atoms with Crippen molar-refractivity contribution in [3.63, 3.8) is 0 Å². The summed E-state index contributed by atoms with van der Waals surface area (Å²) in [6, 6.07) is 5.64. The van der Waals surface area contributed by atoms with E-state index in [9.17, 15) is 5.26 Å². The minimum atomic E-state index is 0.485. The number of aryl methyl sites for hydroxylation is 2. The zero-order valence-corrected chi connectivity index (χ0v) is 12.3. The highest BCUT2D eigenvalue weighted by Gasteiger charge is 2.31. The average molecular weight is 270 g/mol. The van der Waals surface area contributed by atoms with Gasteiger partial charge >= 0.3 is 0 Å². The second kappa shape index (κ2) is 5.41. The summed E-state index contributed by atoms with van der Waals surface area (Å²) in [5.74, 6) is 0. The van der Waals surface area contributed by atoms with Crippen molar-refractivity contribution in [1.29, 1.82) is 5.26 Å². The molecule has 1 aliphatic carbocycles. The van der Waals surface area contributed by atoms with Crippen LogP contribution >= 0.6 is 0 Å². The molecule has 106 valence electrons. The van der Waals surface area contributed by atoms with E-state index in [-0.39, 0.29) is 0 Å². The predicted octanol–water partition coefficient (Wildman–Crippen LogP) is 2.61. The zero-order valence-electron chi connectivity index (χ0n) is 12.3. The van der Waals surface area contributed by atoms with Gasteiger partial charge in [0.15, 0.2) is 0 Å². The van der Waals surface area contributed by atoms with Crippen molar-refractivity contribution in [2.75, 3.05) is 18.4 Å². The minimum Gasteiger partial charge on any atom is -0.381 e. The third-order valence-corrected chi connectivity index (χ3v) is 4.39. The maximum Gasteiger partial charge on any atom is 0.103 e. The molecule has 20 heavy (non-hydrogen) atoms. The van der Waals surface area contributed by atoms with Crippen LogP contribution in [0, 0.1) is 25.2 Å². The van der Waals surface area contributed by atoms with Gasteiger partial charge in [-0.1, -0.05) is 0 Å². The minimum absolute atomic E-state index is 0.485. The van der Waals surface area contributed by atoms with Gasteiger partial charge in [0.1, 0.15) is 6.07 Å². The first kappa shape index (κ1) is 13.4. The van der Waals surface area contributed by atoms with Crippen LogP contribution in [-0.2, 0) is 0 Å². The van der Waals surface area contributed by atoms with Crippen LogP contribution in [0.5, 0.6) is 0 Å². The molecule has 0 unspecified atom stereocenters. The summed E-state index contributed by atoms with van der Waals surface area (Å²) in [7, 11) is 0. The highest BCUT2D eigenvalue weighted by atomic mass is 15.2. The van der Waals surface area contributed by atoms with Gasteiger partial charge in [0.05, 0.1) is 16.9 Å². The highest BCUT2D eigenvalue weighted by molar-refractivity contribution is 5.60. The van der Waals surface area contributed by atoms with E-state index in [0.717, 1.165) is 23.1 Å². The zero-order chi connectivity index (χ0) is 14.1. The Morgan fingerprint density at radius 1 is 1.25 bits per heavy atom. The van der Waals surface area contributed by atoms with E-state index in [0.29, 0.717) is 11.6 Å². The van der Waals surface area contributed by atoms with Crippen LogP contribution < -0.4 is 5.32 Å². The molecule has 1 aromatic rings. The van der Waals surface area contributed by atoms with Crippen molar-refractivity contribution >= 4 is 5.69 Å². The number of hydrogen-bond acceptors (Lipinski definition) is 4. The molecule has 4 heteroatoms. The second-order valence-electron chi connectivity index (χ2n) is 6.07. The van der Waals surface area contributed by atoms with Crippen LogP contribution in [-0.4, -0.2) is 35.1 Å². The van der Waals surface area contributed by atoms with E-state index in [4.69, 9.17) is 0 Å². The molecule has 0 bridgehead atoms. The lowest BCUT2D eigenvalue weighted by atomic mass is 10.0. The molecular formula is C16H22N4. The van der Waals surface area contributed by atoms with Gasteiger partial charge in [-0.15, -0.1) is 0 Å². The summed E-state index contributed by atoms with van der Waals surface area (Å²) >= 11 is 0. The summed E-state index contributed by atoms with van der Waals surface area (Å²) in [6.07, 6.45) is 5.11. The summed E-state index contributed by atoms with van der Waals surface area (Å²) < 4.78 is 0. The molecule has 2 heterocycles. The van der Waals surface area contributed by atoms with Crippen LogP contribution in [0.3, 0.4) is 0 Å². The Bertz CT molecular complexity index is 534. The molecule has 0 spiro atoms. The van der Waals surface area contributed by atoms with E-state index in [1.165, 1.54) is 38.8 Å². The Balaban J connectivity index is 1.67. The molecule has 0 atom stereocenters. The SMILES string of the molecule is Cc1cc(NC2CCN(C3CC3)CC2)c(C#N)c(C)n1. The van der Waals surface area contributed by atoms with Crippen molar-refractivity contribution in [2.24, 2.45) is 0 Å². The molecule has 2 fully saturated rings. The Kier molecular flexibility index (Phi) is 3.62. The number of aromatic nitrogens is 1. The number of piperidine rings is 1. The Morgan fingerprint density at radius 2 is 1.95 bits per heavy atom. The fraction of sp³-hybridized carbons (Fsp3) is 0.625. The molecule has 1 saturated carbocycles. The third kappa shape index (κ3) is 2.78. The fourth-order valence-corrected chi connectivity index (χ4v) is 3.15. The van der Waals surface area contributed by atoms with Crippen LogP contribution in [0.4, 0.5) is 5.69 Å². The summed E-state index contributed by atoms with van der Waals surface area (Å²) in [5, 5.41) is 12.9. The van der Waals surface area contributed by atoms with Crippen LogP contribution in [0.2, 0.25) is 0 Å². The van der Waals surface area contributed by atoms with Gasteiger partial charge in [0.2, 0.25) is 0 Å². The predicted molar refractivity (Wildman–Crippen MR) is 79.7 cm³/mol. The molecule has 0 aromatic carbocycles. The molecule has 1 aromatic heterocycles. The second-order valence-corrected chi connectivity index (χ2v) is 6.07. The Morgan fingerprint density at radius 3 is 2.55 bits per heavy atom. The highest BCUT2D eigenvalue weighted by Crippen LogP contribution is 2.30. The van der Waals surface area contributed by atoms with Gasteiger partial charge in [0, 0.05) is 30.9 Å². The quantitative estimate of drug-likeness (QED) is 0.917. The number of anilines is 1. The number of nitriles is 1. The number of nitrogens with zero attached hydrogens (tertiary/aromatic N) is 3. The van der Waals surface area contributed by atoms with Gasteiger partial charge in [-0.05, 0) is 45.6 Å². The van der Waals surface area contributed by atoms with Crippen molar-refractivity contribution < 1.29 is 0 Å². The lowest BCUT2D eigenvalue weighted by Crippen LogP contribution is -2.40. The van der Waals surface area contributed by atoms with Crippen LogP contribution in [0.1, 0.15) is 42.6 Å². The molecule has 0 amide bonds. The topological polar surface area (TPSA) is 52.0 Å². The fourth-order valence-electron chi connectivity index (χ4n) is 3.15. The first-order valence-corrected chi connectivity index (χ1v) is 7.56. The van der Waals surface area contributed by atoms with Crippen molar-refractivity contribution in [3.8, 4) is 6.07 Å².